The summed E-state index contributed by atoms with van der Waals surface area (Å²) < 4.78 is 0. The quantitative estimate of drug-likeness (QED) is 0.454. The molecule has 2 N–H and O–H groups in total. The summed E-state index contributed by atoms with van der Waals surface area (Å²) in [6.07, 6.45) is 13.7. The molecule has 0 spiro atoms. The van der Waals surface area contributed by atoms with E-state index in [1.54, 1.807) is 0 Å². The van der Waals surface area contributed by atoms with Crippen LogP contribution in [0.3, 0.4) is 0 Å². The fourth-order valence-electron chi connectivity index (χ4n) is 4.78. The third kappa shape index (κ3) is 5.50. The Labute approximate surface area is 184 Å². The minimum atomic E-state index is -0.327. The summed E-state index contributed by atoms with van der Waals surface area (Å²) in [5, 5.41) is 21.1. The zero-order valence-corrected chi connectivity index (χ0v) is 18.7. The first-order valence-corrected chi connectivity index (χ1v) is 10.1. The van der Waals surface area contributed by atoms with Crippen LogP contribution in [0.2, 0.25) is 0 Å². The van der Waals surface area contributed by atoms with Crippen molar-refractivity contribution in [1.82, 2.24) is 0 Å². The molecule has 1 radical (unpaired) electrons. The van der Waals surface area contributed by atoms with Gasteiger partial charge in [-0.25, -0.2) is 0 Å². The molecule has 26 heavy (non-hydrogen) atoms. The molecule has 2 fully saturated rings. The van der Waals surface area contributed by atoms with Crippen LogP contribution in [-0.4, -0.2) is 16.3 Å². The van der Waals surface area contributed by atoms with Crippen molar-refractivity contribution < 1.29 is 42.9 Å². The van der Waals surface area contributed by atoms with Gasteiger partial charge in [0.15, 0.2) is 0 Å². The van der Waals surface area contributed by atoms with Gasteiger partial charge in [-0.2, -0.15) is 6.42 Å². The zero-order valence-electron chi connectivity index (χ0n) is 15.9. The molecule has 3 rings (SSSR count). The van der Waals surface area contributed by atoms with Gasteiger partial charge in [0.25, 0.3) is 0 Å². The predicted octanol–water partition coefficient (Wildman–Crippen LogP) is 5.32. The topological polar surface area (TPSA) is 40.5 Å². The van der Waals surface area contributed by atoms with Gasteiger partial charge in [-0.3, -0.25) is 0 Å². The van der Waals surface area contributed by atoms with E-state index in [1.807, 2.05) is 0 Å². The predicted molar refractivity (Wildman–Crippen MR) is 103 cm³/mol. The number of rotatable bonds is 7. The molecule has 0 saturated heterocycles. The Morgan fingerprint density at radius 3 is 2.38 bits per heavy atom. The van der Waals surface area contributed by atoms with Gasteiger partial charge in [0, 0.05) is 38.6 Å². The van der Waals surface area contributed by atoms with Gasteiger partial charge in [-0.1, -0.05) is 55.7 Å². The fraction of sp³-hybridized carbons (Fsp3) is 0.609. The van der Waals surface area contributed by atoms with Gasteiger partial charge in [-0.05, 0) is 55.1 Å². The van der Waals surface area contributed by atoms with E-state index in [4.69, 9.17) is 0 Å². The minimum Gasteiger partial charge on any atom is -0.392 e. The van der Waals surface area contributed by atoms with Crippen LogP contribution in [0.4, 0.5) is 0 Å². The van der Waals surface area contributed by atoms with Crippen molar-refractivity contribution in [3.8, 4) is 0 Å². The molecule has 2 aliphatic rings. The van der Waals surface area contributed by atoms with Crippen molar-refractivity contribution >= 4 is 0 Å². The van der Waals surface area contributed by atoms with Crippen LogP contribution in [0.25, 0.3) is 0 Å². The number of hydrogen-bond acceptors (Lipinski definition) is 2. The first-order chi connectivity index (χ1) is 12.2. The van der Waals surface area contributed by atoms with E-state index in [2.05, 4.69) is 43.3 Å². The first-order valence-electron chi connectivity index (χ1n) is 10.1. The van der Waals surface area contributed by atoms with Crippen molar-refractivity contribution in [2.75, 3.05) is 0 Å². The van der Waals surface area contributed by atoms with Gasteiger partial charge in [-0.15, -0.1) is 0 Å². The third-order valence-corrected chi connectivity index (χ3v) is 6.24. The summed E-state index contributed by atoms with van der Waals surface area (Å²) >= 11 is 0. The van der Waals surface area contributed by atoms with E-state index in [-0.39, 0.29) is 50.8 Å². The Kier molecular flexibility index (Phi) is 9.51. The number of hydrogen-bond donors (Lipinski definition) is 2. The van der Waals surface area contributed by atoms with E-state index in [1.165, 1.54) is 18.4 Å². The maximum absolute atomic E-state index is 10.6. The molecule has 1 aromatic rings. The Hall–Kier alpha value is -0.0161. The number of aliphatic hydroxyl groups is 2. The molecule has 2 saturated carbocycles. The molecular weight excluding hydrogens is 397 g/mol. The largest absolute Gasteiger partial charge is 0.392 e. The van der Waals surface area contributed by atoms with Crippen LogP contribution < -0.4 is 0 Å². The van der Waals surface area contributed by atoms with Crippen LogP contribution in [0, 0.1) is 18.8 Å². The molecule has 0 amide bonds. The van der Waals surface area contributed by atoms with Crippen molar-refractivity contribution in [1.29, 1.82) is 0 Å². The number of benzene rings is 1. The molecular formula is C23H33O2Y-. The van der Waals surface area contributed by atoms with Gasteiger partial charge < -0.3 is 17.1 Å². The van der Waals surface area contributed by atoms with Crippen LogP contribution >= 0.6 is 0 Å². The first kappa shape index (κ1) is 22.3. The summed E-state index contributed by atoms with van der Waals surface area (Å²) in [6.45, 7) is 3.87. The van der Waals surface area contributed by atoms with Crippen LogP contribution in [0.15, 0.2) is 36.4 Å². The monoisotopic (exact) mass is 430 g/mol. The SMILES string of the molecule is [CH2-]CCC=CC[C@H]1CC[C@@H](O)[C@@H]1c1ccc(C(O)C2CCCC2)cc1.[Y]. The van der Waals surface area contributed by atoms with E-state index in [0.717, 1.165) is 50.5 Å². The summed E-state index contributed by atoms with van der Waals surface area (Å²) in [6, 6.07) is 8.44. The second-order valence-electron chi connectivity index (χ2n) is 7.94. The number of allylic oxidation sites excluding steroid dienone is 2. The van der Waals surface area contributed by atoms with Crippen LogP contribution in [0.5, 0.6) is 0 Å². The van der Waals surface area contributed by atoms with Crippen LogP contribution in [-0.2, 0) is 32.7 Å². The molecule has 0 heterocycles. The Morgan fingerprint density at radius 2 is 1.73 bits per heavy atom. The van der Waals surface area contributed by atoms with Gasteiger partial charge >= 0.3 is 0 Å². The minimum absolute atomic E-state index is 0. The summed E-state index contributed by atoms with van der Waals surface area (Å²) in [5.41, 5.74) is 2.26. The number of aliphatic hydroxyl groups excluding tert-OH is 2. The second-order valence-corrected chi connectivity index (χ2v) is 7.94. The van der Waals surface area contributed by atoms with Crippen LogP contribution in [0.1, 0.15) is 80.9 Å². The maximum Gasteiger partial charge on any atom is 0.0818 e. The molecule has 141 valence electrons. The maximum atomic E-state index is 10.6. The molecule has 2 nitrogen and oxygen atoms in total. The van der Waals surface area contributed by atoms with E-state index < -0.39 is 0 Å². The average Bonchev–Trinajstić information content (AvgIpc) is 3.28. The van der Waals surface area contributed by atoms with Crippen molar-refractivity contribution in [2.24, 2.45) is 11.8 Å². The molecule has 4 atom stereocenters. The van der Waals surface area contributed by atoms with Gasteiger partial charge in [0.05, 0.1) is 12.2 Å². The summed E-state index contributed by atoms with van der Waals surface area (Å²) in [7, 11) is 0. The molecule has 1 aromatic carbocycles. The van der Waals surface area contributed by atoms with Gasteiger partial charge in [0.2, 0.25) is 0 Å². The molecule has 2 aliphatic carbocycles. The number of unbranched alkanes of at least 4 members (excludes halogenated alkanes) is 1. The Bertz CT molecular complexity index is 548. The van der Waals surface area contributed by atoms with E-state index >= 15 is 0 Å². The third-order valence-electron chi connectivity index (χ3n) is 6.24. The van der Waals surface area contributed by atoms with E-state index in [0.29, 0.717) is 11.8 Å². The smallest absolute Gasteiger partial charge is 0.0818 e. The zero-order chi connectivity index (χ0) is 17.6. The molecule has 0 aromatic heterocycles. The van der Waals surface area contributed by atoms with E-state index in [9.17, 15) is 10.2 Å². The Morgan fingerprint density at radius 1 is 1.04 bits per heavy atom. The average molecular weight is 430 g/mol. The van der Waals surface area contributed by atoms with Crippen molar-refractivity contribution in [3.05, 3.63) is 54.5 Å². The van der Waals surface area contributed by atoms with Crippen molar-refractivity contribution in [3.63, 3.8) is 0 Å². The standard InChI is InChI=1S/C23H33O2.Y/c1-2-3-4-5-8-17-15-16-21(24)22(17)18-11-13-20(14-12-18)23(25)19-9-6-7-10-19;/h4-5,11-14,17,19,21-25H,1-3,6-10,15-16H2;/q-1;/t17-,21+,22-,23?;/m0./s1. The molecule has 1 unspecified atom stereocenters. The fourth-order valence-corrected chi connectivity index (χ4v) is 4.78. The summed E-state index contributed by atoms with van der Waals surface area (Å²) in [4.78, 5) is 0. The summed E-state index contributed by atoms with van der Waals surface area (Å²) in [5.74, 6) is 1.16. The van der Waals surface area contributed by atoms with Crippen molar-refractivity contribution in [2.45, 2.75) is 75.9 Å². The normalized spacial score (nSPS) is 27.7. The molecule has 0 aliphatic heterocycles. The molecule has 0 bridgehead atoms. The molecule has 3 heteroatoms. The van der Waals surface area contributed by atoms with Gasteiger partial charge in [0.1, 0.15) is 0 Å². The Balaban J connectivity index is 0.00000243. The second kappa shape index (κ2) is 11.1.